The summed E-state index contributed by atoms with van der Waals surface area (Å²) in [6.07, 6.45) is 7.76. The third-order valence-corrected chi connectivity index (χ3v) is 5.60. The van der Waals surface area contributed by atoms with Gasteiger partial charge in [-0.25, -0.2) is 0 Å². The van der Waals surface area contributed by atoms with Crippen molar-refractivity contribution in [1.29, 1.82) is 5.41 Å². The average Bonchev–Trinajstić information content (AvgIpc) is 3.29. The number of fused-ring (bicyclic) bond motifs is 1. The molecular formula is C23H29N9. The number of nitrogens with one attached hydrogen (secondary N) is 2. The first-order valence-electron chi connectivity index (χ1n) is 10.9. The van der Waals surface area contributed by atoms with Crippen molar-refractivity contribution in [3.8, 4) is 11.1 Å². The molecule has 0 aliphatic heterocycles. The molecule has 3 aromatic heterocycles. The van der Waals surface area contributed by atoms with Crippen LogP contribution in [0.1, 0.15) is 32.2 Å². The molecule has 0 aliphatic rings. The van der Waals surface area contributed by atoms with Crippen molar-refractivity contribution in [1.82, 2.24) is 34.8 Å². The summed E-state index contributed by atoms with van der Waals surface area (Å²) in [5, 5.41) is 24.1. The lowest BCUT2D eigenvalue weighted by atomic mass is 10.0. The zero-order valence-corrected chi connectivity index (χ0v) is 18.8. The number of likely N-dealkylation sites (N-methyl/N-ethyl adjacent to an activating group) is 1. The van der Waals surface area contributed by atoms with E-state index in [0.717, 1.165) is 59.6 Å². The van der Waals surface area contributed by atoms with E-state index >= 15 is 0 Å². The number of hydrogen-bond donors (Lipinski definition) is 2. The summed E-state index contributed by atoms with van der Waals surface area (Å²) >= 11 is 0. The summed E-state index contributed by atoms with van der Waals surface area (Å²) in [4.78, 5) is 8.64. The van der Waals surface area contributed by atoms with E-state index in [0.29, 0.717) is 12.1 Å². The van der Waals surface area contributed by atoms with Crippen LogP contribution in [0.4, 0.5) is 0 Å². The van der Waals surface area contributed by atoms with Gasteiger partial charge < -0.3 is 10.3 Å². The predicted molar refractivity (Wildman–Crippen MR) is 127 cm³/mol. The lowest BCUT2D eigenvalue weighted by molar-refractivity contribution is 0.285. The number of rotatable bonds is 10. The van der Waals surface area contributed by atoms with Gasteiger partial charge in [0, 0.05) is 48.1 Å². The normalized spacial score (nSPS) is 12.2. The number of benzene rings is 1. The Morgan fingerprint density at radius 3 is 2.75 bits per heavy atom. The van der Waals surface area contributed by atoms with Crippen LogP contribution in [0.5, 0.6) is 0 Å². The minimum atomic E-state index is 0.606. The van der Waals surface area contributed by atoms with Crippen molar-refractivity contribution < 1.29 is 0 Å². The standard InChI is InChI=1S/C23H29N9/c1-4-30(5-2)8-9-31-16-21(15-26-31)20-12-19-10-18(6-7-22(19)25-14-20)11-23-27-29-32(23)28-17(3)13-24/h6-7,10,12-16,24,29H,4-5,8-9,11H2,1-3H3/b24-13?,28-17-. The molecule has 0 aliphatic carbocycles. The molecule has 0 atom stereocenters. The molecule has 2 N–H and O–H groups in total. The van der Waals surface area contributed by atoms with E-state index in [1.54, 1.807) is 11.7 Å². The summed E-state index contributed by atoms with van der Waals surface area (Å²) in [5.74, 6) is 0.809. The minimum absolute atomic E-state index is 0.606. The summed E-state index contributed by atoms with van der Waals surface area (Å²) in [5.41, 5.74) is 4.81. The van der Waals surface area contributed by atoms with Crippen LogP contribution in [0, 0.1) is 5.41 Å². The zero-order valence-electron chi connectivity index (χ0n) is 18.8. The molecule has 0 bridgehead atoms. The first-order valence-corrected chi connectivity index (χ1v) is 10.9. The van der Waals surface area contributed by atoms with Crippen molar-refractivity contribution in [3.63, 3.8) is 0 Å². The summed E-state index contributed by atoms with van der Waals surface area (Å²) < 4.78 is 2.00. The Balaban J connectivity index is 1.51. The number of hydrogen-bond acceptors (Lipinski definition) is 6. The van der Waals surface area contributed by atoms with E-state index in [1.807, 2.05) is 23.1 Å². The first-order chi connectivity index (χ1) is 15.6. The van der Waals surface area contributed by atoms with Crippen LogP contribution >= 0.6 is 0 Å². The van der Waals surface area contributed by atoms with Gasteiger partial charge in [-0.15, -0.1) is 9.89 Å². The molecule has 0 fully saturated rings. The molecular weight excluding hydrogens is 402 g/mol. The summed E-state index contributed by atoms with van der Waals surface area (Å²) in [7, 11) is 0. The molecule has 0 radical (unpaired) electrons. The fraction of sp³-hybridized carbons (Fsp3) is 0.348. The second-order valence-electron chi connectivity index (χ2n) is 7.77. The van der Waals surface area contributed by atoms with E-state index in [-0.39, 0.29) is 0 Å². The third-order valence-electron chi connectivity index (χ3n) is 5.60. The summed E-state index contributed by atoms with van der Waals surface area (Å²) in [6.45, 7) is 10.1. The second-order valence-corrected chi connectivity index (χ2v) is 7.77. The molecule has 0 saturated carbocycles. The highest BCUT2D eigenvalue weighted by atomic mass is 15.6. The van der Waals surface area contributed by atoms with E-state index in [4.69, 9.17) is 5.41 Å². The largest absolute Gasteiger partial charge is 0.307 e. The van der Waals surface area contributed by atoms with Crippen LogP contribution in [-0.4, -0.2) is 66.3 Å². The van der Waals surface area contributed by atoms with E-state index in [9.17, 15) is 0 Å². The number of aromatic amines is 1. The van der Waals surface area contributed by atoms with Crippen LogP contribution < -0.4 is 0 Å². The quantitative estimate of drug-likeness (QED) is 0.375. The van der Waals surface area contributed by atoms with Gasteiger partial charge in [0.2, 0.25) is 0 Å². The Morgan fingerprint density at radius 2 is 2.03 bits per heavy atom. The van der Waals surface area contributed by atoms with E-state index in [1.165, 1.54) is 6.21 Å². The molecule has 0 amide bonds. The Hall–Kier alpha value is -3.59. The first kappa shape index (κ1) is 21.6. The van der Waals surface area contributed by atoms with Crippen molar-refractivity contribution >= 4 is 22.8 Å². The highest BCUT2D eigenvalue weighted by molar-refractivity contribution is 6.28. The molecule has 0 spiro atoms. The fourth-order valence-electron chi connectivity index (χ4n) is 3.60. The monoisotopic (exact) mass is 431 g/mol. The van der Waals surface area contributed by atoms with Gasteiger partial charge in [0.15, 0.2) is 5.82 Å². The SMILES string of the molecule is CCN(CC)CCn1cc(-c2cnc3ccc(Cc4n[nH]n4/N=C(/C)C=N)cc3c2)cn1. The van der Waals surface area contributed by atoms with E-state index in [2.05, 4.69) is 68.6 Å². The lowest BCUT2D eigenvalue weighted by Gasteiger charge is -2.17. The Labute approximate surface area is 187 Å². The molecule has 9 heteroatoms. The van der Waals surface area contributed by atoms with Gasteiger partial charge in [-0.2, -0.15) is 15.4 Å². The fourth-order valence-corrected chi connectivity index (χ4v) is 3.60. The Bertz CT molecular complexity index is 1220. The molecule has 166 valence electrons. The number of aromatic nitrogens is 6. The highest BCUT2D eigenvalue weighted by Gasteiger charge is 2.10. The molecule has 32 heavy (non-hydrogen) atoms. The minimum Gasteiger partial charge on any atom is -0.307 e. The van der Waals surface area contributed by atoms with Gasteiger partial charge in [-0.1, -0.05) is 19.9 Å². The van der Waals surface area contributed by atoms with Crippen LogP contribution in [0.3, 0.4) is 0 Å². The third kappa shape index (κ3) is 4.83. The van der Waals surface area contributed by atoms with Crippen molar-refractivity contribution in [2.24, 2.45) is 5.10 Å². The number of H-pyrrole nitrogens is 1. The van der Waals surface area contributed by atoms with Gasteiger partial charge >= 0.3 is 0 Å². The molecule has 9 nitrogen and oxygen atoms in total. The van der Waals surface area contributed by atoms with Gasteiger partial charge in [0.1, 0.15) is 0 Å². The van der Waals surface area contributed by atoms with Gasteiger partial charge in [-0.05, 0) is 43.8 Å². The predicted octanol–water partition coefficient (Wildman–Crippen LogP) is 3.43. The van der Waals surface area contributed by atoms with Crippen molar-refractivity contribution in [3.05, 3.63) is 54.2 Å². The smallest absolute Gasteiger partial charge is 0.176 e. The second kappa shape index (κ2) is 9.69. The Kier molecular flexibility index (Phi) is 6.55. The summed E-state index contributed by atoms with van der Waals surface area (Å²) in [6, 6.07) is 8.40. The molecule has 0 saturated heterocycles. The molecule has 3 heterocycles. The van der Waals surface area contributed by atoms with E-state index < -0.39 is 0 Å². The van der Waals surface area contributed by atoms with Gasteiger partial charge in [0.25, 0.3) is 0 Å². The average molecular weight is 432 g/mol. The molecule has 4 rings (SSSR count). The Morgan fingerprint density at radius 1 is 1.19 bits per heavy atom. The van der Waals surface area contributed by atoms with Gasteiger partial charge in [0.05, 0.1) is 24.0 Å². The van der Waals surface area contributed by atoms with Crippen LogP contribution in [0.15, 0.2) is 48.0 Å². The van der Waals surface area contributed by atoms with Gasteiger partial charge in [-0.3, -0.25) is 9.67 Å². The highest BCUT2D eigenvalue weighted by Crippen LogP contribution is 2.24. The maximum Gasteiger partial charge on any atom is 0.176 e. The molecule has 1 aromatic carbocycles. The molecule has 4 aromatic rings. The number of pyridine rings is 1. The maximum absolute atomic E-state index is 7.27. The zero-order chi connectivity index (χ0) is 22.5. The molecule has 0 unspecified atom stereocenters. The van der Waals surface area contributed by atoms with Crippen LogP contribution in [0.25, 0.3) is 22.0 Å². The van der Waals surface area contributed by atoms with Crippen molar-refractivity contribution in [2.45, 2.75) is 33.7 Å². The van der Waals surface area contributed by atoms with Crippen LogP contribution in [0.2, 0.25) is 0 Å². The number of nitrogens with zero attached hydrogens (tertiary/aromatic N) is 7. The maximum atomic E-state index is 7.27. The van der Waals surface area contributed by atoms with Crippen molar-refractivity contribution in [2.75, 3.05) is 19.6 Å². The topological polar surface area (TPSA) is 104 Å². The van der Waals surface area contributed by atoms with Crippen LogP contribution in [-0.2, 0) is 13.0 Å². The lowest BCUT2D eigenvalue weighted by Crippen LogP contribution is -2.27.